The third-order valence-electron chi connectivity index (χ3n) is 4.81. The zero-order chi connectivity index (χ0) is 19.0. The van der Waals surface area contributed by atoms with Crippen molar-refractivity contribution in [2.45, 2.75) is 50.1 Å². The average Bonchev–Trinajstić information content (AvgIpc) is 2.65. The molecule has 0 amide bonds. The molecule has 0 bridgehead atoms. The summed E-state index contributed by atoms with van der Waals surface area (Å²) in [5.41, 5.74) is 0. The summed E-state index contributed by atoms with van der Waals surface area (Å²) < 4.78 is 24.5. The molecule has 26 heavy (non-hydrogen) atoms. The number of rotatable bonds is 7. The summed E-state index contributed by atoms with van der Waals surface area (Å²) in [5.74, 6) is 0.887. The van der Waals surface area contributed by atoms with Gasteiger partial charge in [0.2, 0.25) is 0 Å². The minimum Gasteiger partial charge on any atom is -0.356 e. The van der Waals surface area contributed by atoms with Crippen LogP contribution >= 0.6 is 0 Å². The van der Waals surface area contributed by atoms with E-state index in [-0.39, 0.29) is 5.75 Å². The maximum absolute atomic E-state index is 12.3. The van der Waals surface area contributed by atoms with Crippen molar-refractivity contribution in [1.82, 2.24) is 15.5 Å². The van der Waals surface area contributed by atoms with Crippen LogP contribution in [0, 0.1) is 0 Å². The van der Waals surface area contributed by atoms with E-state index in [0.29, 0.717) is 29.9 Å². The highest BCUT2D eigenvalue weighted by Gasteiger charge is 2.21. The second kappa shape index (κ2) is 9.92. The van der Waals surface area contributed by atoms with Gasteiger partial charge in [0.15, 0.2) is 15.8 Å². The summed E-state index contributed by atoms with van der Waals surface area (Å²) in [6.45, 7) is 7.25. The Kier molecular flexibility index (Phi) is 7.90. The van der Waals surface area contributed by atoms with Crippen molar-refractivity contribution in [3.05, 3.63) is 30.3 Å². The molecule has 7 heteroatoms. The molecule has 0 radical (unpaired) electrons. The number of aliphatic imine (C=N–C) groups is 1. The van der Waals surface area contributed by atoms with Gasteiger partial charge in [-0.05, 0) is 45.2 Å². The number of guanidine groups is 1. The Hall–Kier alpha value is -1.60. The van der Waals surface area contributed by atoms with Crippen molar-refractivity contribution in [2.24, 2.45) is 4.99 Å². The lowest BCUT2D eigenvalue weighted by molar-refractivity contribution is 0.167. The van der Waals surface area contributed by atoms with Crippen LogP contribution in [-0.4, -0.2) is 63.8 Å². The van der Waals surface area contributed by atoms with Gasteiger partial charge in [0, 0.05) is 38.8 Å². The molecule has 1 saturated heterocycles. The summed E-state index contributed by atoms with van der Waals surface area (Å²) in [6, 6.07) is 9.63. The molecule has 1 aromatic rings. The number of likely N-dealkylation sites (tertiary alicyclic amines) is 1. The van der Waals surface area contributed by atoms with E-state index in [4.69, 9.17) is 0 Å². The van der Waals surface area contributed by atoms with Crippen LogP contribution in [0.2, 0.25) is 0 Å². The molecular formula is C19H32N4O2S. The van der Waals surface area contributed by atoms with Gasteiger partial charge in [-0.3, -0.25) is 4.99 Å². The van der Waals surface area contributed by atoms with E-state index in [2.05, 4.69) is 34.4 Å². The molecule has 0 atom stereocenters. The van der Waals surface area contributed by atoms with Crippen LogP contribution in [0.25, 0.3) is 0 Å². The Morgan fingerprint density at radius 1 is 1.23 bits per heavy atom. The predicted octanol–water partition coefficient (Wildman–Crippen LogP) is 1.89. The molecular weight excluding hydrogens is 348 g/mol. The van der Waals surface area contributed by atoms with Crippen LogP contribution in [0.5, 0.6) is 0 Å². The quantitative estimate of drug-likeness (QED) is 0.429. The van der Waals surface area contributed by atoms with Crippen molar-refractivity contribution in [2.75, 3.05) is 32.4 Å². The van der Waals surface area contributed by atoms with E-state index < -0.39 is 9.84 Å². The van der Waals surface area contributed by atoms with Gasteiger partial charge in [0.25, 0.3) is 0 Å². The van der Waals surface area contributed by atoms with Crippen LogP contribution in [0.4, 0.5) is 0 Å². The summed E-state index contributed by atoms with van der Waals surface area (Å²) in [6.07, 6.45) is 2.74. The number of sulfone groups is 1. The van der Waals surface area contributed by atoms with E-state index >= 15 is 0 Å². The molecule has 1 aliphatic rings. The van der Waals surface area contributed by atoms with Gasteiger partial charge in [0.1, 0.15) is 0 Å². The Bertz CT molecular complexity index is 666. The summed E-state index contributed by atoms with van der Waals surface area (Å²) in [7, 11) is -1.46. The number of piperidine rings is 1. The molecule has 0 unspecified atom stereocenters. The number of nitrogens with zero attached hydrogens (tertiary/aromatic N) is 2. The van der Waals surface area contributed by atoms with Crippen molar-refractivity contribution in [1.29, 1.82) is 0 Å². The smallest absolute Gasteiger partial charge is 0.191 e. The fourth-order valence-electron chi connectivity index (χ4n) is 3.16. The van der Waals surface area contributed by atoms with E-state index in [1.165, 1.54) is 0 Å². The van der Waals surface area contributed by atoms with Gasteiger partial charge in [-0.1, -0.05) is 18.2 Å². The maximum atomic E-state index is 12.3. The molecule has 146 valence electrons. The molecule has 1 aromatic carbocycles. The molecule has 0 saturated carbocycles. The number of benzene rings is 1. The maximum Gasteiger partial charge on any atom is 0.191 e. The molecule has 0 aliphatic carbocycles. The third kappa shape index (κ3) is 6.29. The SMILES string of the molecule is CN=C(NCCCS(=O)(=O)c1ccccc1)NC1CCN(C(C)C)CC1. The highest BCUT2D eigenvalue weighted by Crippen LogP contribution is 2.13. The van der Waals surface area contributed by atoms with Crippen molar-refractivity contribution in [3.63, 3.8) is 0 Å². The van der Waals surface area contributed by atoms with Gasteiger partial charge in [-0.25, -0.2) is 8.42 Å². The van der Waals surface area contributed by atoms with Crippen molar-refractivity contribution in [3.8, 4) is 0 Å². The summed E-state index contributed by atoms with van der Waals surface area (Å²) in [5, 5.41) is 6.69. The Morgan fingerprint density at radius 2 is 1.88 bits per heavy atom. The summed E-state index contributed by atoms with van der Waals surface area (Å²) >= 11 is 0. The first kappa shape index (κ1) is 20.7. The summed E-state index contributed by atoms with van der Waals surface area (Å²) in [4.78, 5) is 7.14. The number of nitrogens with one attached hydrogen (secondary N) is 2. The van der Waals surface area contributed by atoms with Crippen LogP contribution < -0.4 is 10.6 Å². The van der Waals surface area contributed by atoms with Crippen LogP contribution in [-0.2, 0) is 9.84 Å². The topological polar surface area (TPSA) is 73.8 Å². The first-order valence-electron chi connectivity index (χ1n) is 9.41. The number of hydrogen-bond acceptors (Lipinski definition) is 4. The third-order valence-corrected chi connectivity index (χ3v) is 6.63. The van der Waals surface area contributed by atoms with E-state index in [1.54, 1.807) is 31.3 Å². The lowest BCUT2D eigenvalue weighted by Crippen LogP contribution is -2.50. The lowest BCUT2D eigenvalue weighted by atomic mass is 10.0. The van der Waals surface area contributed by atoms with Crippen molar-refractivity contribution < 1.29 is 8.42 Å². The molecule has 1 heterocycles. The highest BCUT2D eigenvalue weighted by molar-refractivity contribution is 7.91. The van der Waals surface area contributed by atoms with Gasteiger partial charge >= 0.3 is 0 Å². The lowest BCUT2D eigenvalue weighted by Gasteiger charge is -2.35. The van der Waals surface area contributed by atoms with Gasteiger partial charge in [-0.15, -0.1) is 0 Å². The Morgan fingerprint density at radius 3 is 2.46 bits per heavy atom. The van der Waals surface area contributed by atoms with Crippen LogP contribution in [0.3, 0.4) is 0 Å². The predicted molar refractivity (Wildman–Crippen MR) is 107 cm³/mol. The number of hydrogen-bond donors (Lipinski definition) is 2. The minimum absolute atomic E-state index is 0.133. The Labute approximate surface area is 158 Å². The minimum atomic E-state index is -3.21. The van der Waals surface area contributed by atoms with E-state index in [0.717, 1.165) is 31.9 Å². The second-order valence-electron chi connectivity index (χ2n) is 7.03. The molecule has 1 aliphatic heterocycles. The normalized spacial score (nSPS) is 17.5. The average molecular weight is 381 g/mol. The first-order chi connectivity index (χ1) is 12.4. The Balaban J connectivity index is 1.71. The molecule has 6 nitrogen and oxygen atoms in total. The molecule has 0 spiro atoms. The van der Waals surface area contributed by atoms with Crippen LogP contribution in [0.15, 0.2) is 40.2 Å². The van der Waals surface area contributed by atoms with Gasteiger partial charge < -0.3 is 15.5 Å². The van der Waals surface area contributed by atoms with Crippen molar-refractivity contribution >= 4 is 15.8 Å². The second-order valence-corrected chi connectivity index (χ2v) is 9.14. The fourth-order valence-corrected chi connectivity index (χ4v) is 4.49. The zero-order valence-electron chi connectivity index (χ0n) is 16.1. The first-order valence-corrected chi connectivity index (χ1v) is 11.1. The molecule has 0 aromatic heterocycles. The van der Waals surface area contributed by atoms with Crippen LogP contribution in [0.1, 0.15) is 33.1 Å². The van der Waals surface area contributed by atoms with Gasteiger partial charge in [0.05, 0.1) is 10.6 Å². The fraction of sp³-hybridized carbons (Fsp3) is 0.632. The van der Waals surface area contributed by atoms with E-state index in [9.17, 15) is 8.42 Å². The monoisotopic (exact) mass is 380 g/mol. The standard InChI is InChI=1S/C19H32N4O2S/c1-16(2)23-13-10-17(11-14-23)22-19(20-3)21-12-7-15-26(24,25)18-8-5-4-6-9-18/h4-6,8-9,16-17H,7,10-15H2,1-3H3,(H2,20,21,22). The largest absolute Gasteiger partial charge is 0.356 e. The van der Waals surface area contributed by atoms with E-state index in [1.807, 2.05) is 6.07 Å². The zero-order valence-corrected chi connectivity index (χ0v) is 16.9. The molecule has 2 N–H and O–H groups in total. The molecule has 1 fully saturated rings. The highest BCUT2D eigenvalue weighted by atomic mass is 32.2. The molecule has 2 rings (SSSR count). The van der Waals surface area contributed by atoms with Gasteiger partial charge in [-0.2, -0.15) is 0 Å².